The summed E-state index contributed by atoms with van der Waals surface area (Å²) in [7, 11) is 0. The van der Waals surface area contributed by atoms with Gasteiger partial charge in [0, 0.05) is 0 Å². The summed E-state index contributed by atoms with van der Waals surface area (Å²) < 4.78 is 0.414. The summed E-state index contributed by atoms with van der Waals surface area (Å²) in [6.45, 7) is 13.0. The fraction of sp³-hybridized carbons (Fsp3) is 0.526. The van der Waals surface area contributed by atoms with Gasteiger partial charge in [0.15, 0.2) is 0 Å². The van der Waals surface area contributed by atoms with Crippen molar-refractivity contribution in [2.24, 2.45) is 21.6 Å². The number of rotatable bonds is 10. The van der Waals surface area contributed by atoms with Gasteiger partial charge in [-0.3, -0.25) is 0 Å². The zero-order chi connectivity index (χ0) is 21.1. The summed E-state index contributed by atoms with van der Waals surface area (Å²) in [5.74, 6) is 0.665. The Kier molecular flexibility index (Phi) is 10.7. The first-order valence-corrected chi connectivity index (χ1v) is 9.98. The molecule has 0 aromatic carbocycles. The van der Waals surface area contributed by atoms with Gasteiger partial charge in [-0.2, -0.15) is 0 Å². The number of hydrogen-bond donors (Lipinski definition) is 3. The van der Waals surface area contributed by atoms with Gasteiger partial charge in [-0.15, -0.1) is 0 Å². The van der Waals surface area contributed by atoms with E-state index in [1.165, 1.54) is 12.3 Å². The summed E-state index contributed by atoms with van der Waals surface area (Å²) in [5.41, 5.74) is 6.26. The third kappa shape index (κ3) is 7.92. The fourth-order valence-corrected chi connectivity index (χ4v) is 3.06. The molecule has 0 bridgehead atoms. The minimum atomic E-state index is -0.218. The Bertz CT molecular complexity index is 663. The van der Waals surface area contributed by atoms with E-state index < -0.39 is 0 Å². The van der Waals surface area contributed by atoms with Crippen LogP contribution in [0.1, 0.15) is 26.7 Å². The molecule has 1 aliphatic rings. The van der Waals surface area contributed by atoms with Crippen LogP contribution in [0.4, 0.5) is 0 Å². The third-order valence-electron chi connectivity index (χ3n) is 4.24. The number of aliphatic imine (C=N–C) groups is 2. The van der Waals surface area contributed by atoms with Gasteiger partial charge in [0.05, 0.1) is 0 Å². The summed E-state index contributed by atoms with van der Waals surface area (Å²) in [4.78, 5) is 33.9. The topological polar surface area (TPSA) is 112 Å². The number of nitrogens with one attached hydrogen (secondary N) is 2. The molecule has 0 unspecified atom stereocenters. The van der Waals surface area contributed by atoms with E-state index in [0.29, 0.717) is 41.3 Å². The molecule has 28 heavy (non-hydrogen) atoms. The molecule has 0 spiro atoms. The van der Waals surface area contributed by atoms with Crippen LogP contribution >= 0.6 is 0 Å². The first kappa shape index (κ1) is 24.0. The summed E-state index contributed by atoms with van der Waals surface area (Å²) in [5, 5.41) is 6.08. The van der Waals surface area contributed by atoms with Gasteiger partial charge in [0.1, 0.15) is 0 Å². The van der Waals surface area contributed by atoms with Crippen LogP contribution in [0.3, 0.4) is 0 Å². The molecule has 0 atom stereocenters. The maximum absolute atomic E-state index is 12.2. The zero-order valence-corrected chi connectivity index (χ0v) is 18.0. The molecule has 1 fully saturated rings. The van der Waals surface area contributed by atoms with Crippen molar-refractivity contribution in [3.8, 4) is 0 Å². The minimum absolute atomic E-state index is 0.0208. The molecule has 2 amide bonds. The van der Waals surface area contributed by atoms with Crippen LogP contribution in [0.2, 0.25) is 0 Å². The number of carbonyl (C=O) groups is 2. The van der Waals surface area contributed by atoms with Crippen molar-refractivity contribution in [3.05, 3.63) is 24.7 Å². The second-order valence-corrected chi connectivity index (χ2v) is 7.49. The van der Waals surface area contributed by atoms with Crippen molar-refractivity contribution >= 4 is 28.5 Å². The molecule has 1 aliphatic heterocycles. The molecule has 0 aliphatic carbocycles. The van der Waals surface area contributed by atoms with Crippen LogP contribution in [0.5, 0.6) is 0 Å². The normalized spacial score (nSPS) is 15.9. The fourth-order valence-electron chi connectivity index (χ4n) is 2.74. The molecule has 8 nitrogen and oxygen atoms in total. The Morgan fingerprint density at radius 3 is 2.50 bits per heavy atom. The predicted octanol–water partition coefficient (Wildman–Crippen LogP) is 0.144. The SMILES string of the molecule is C=CC(=O)N1CCC(CNC(=C/N=C)/N=C(\CN)[C](=[V])C(=O)NC(C)C)CC1. The Morgan fingerprint density at radius 1 is 1.36 bits per heavy atom. The summed E-state index contributed by atoms with van der Waals surface area (Å²) >= 11 is 2.23. The Morgan fingerprint density at radius 2 is 2.00 bits per heavy atom. The van der Waals surface area contributed by atoms with Gasteiger partial charge in [-0.1, -0.05) is 6.58 Å². The van der Waals surface area contributed by atoms with Gasteiger partial charge in [-0.25, -0.2) is 0 Å². The molecule has 153 valence electrons. The zero-order valence-electron chi connectivity index (χ0n) is 16.6. The number of nitrogens with two attached hydrogens (primary N) is 1. The van der Waals surface area contributed by atoms with Crippen molar-refractivity contribution in [2.45, 2.75) is 32.7 Å². The first-order chi connectivity index (χ1) is 13.3. The van der Waals surface area contributed by atoms with Crippen LogP contribution in [0.25, 0.3) is 0 Å². The molecule has 1 rings (SSSR count). The van der Waals surface area contributed by atoms with E-state index in [2.05, 4.69) is 50.9 Å². The summed E-state index contributed by atoms with van der Waals surface area (Å²) in [6, 6.07) is 0.0208. The van der Waals surface area contributed by atoms with Crippen molar-refractivity contribution in [3.63, 3.8) is 0 Å². The first-order valence-electron chi connectivity index (χ1n) is 9.28. The van der Waals surface area contributed by atoms with E-state index >= 15 is 0 Å². The van der Waals surface area contributed by atoms with Gasteiger partial charge < -0.3 is 0 Å². The number of likely N-dealkylation sites (tertiary alicyclic amines) is 1. The molecule has 1 heterocycles. The van der Waals surface area contributed by atoms with Crippen LogP contribution in [-0.2, 0) is 26.6 Å². The molecular weight excluding hydrogens is 395 g/mol. The number of nitrogens with zero attached hydrogens (tertiary/aromatic N) is 3. The quantitative estimate of drug-likeness (QED) is 0.342. The number of piperidine rings is 1. The van der Waals surface area contributed by atoms with Gasteiger partial charge in [-0.05, 0) is 0 Å². The molecule has 0 aromatic heterocycles. The van der Waals surface area contributed by atoms with Crippen LogP contribution in [0, 0.1) is 5.92 Å². The molecular formula is C19H30N6O2V. The second kappa shape index (κ2) is 12.4. The van der Waals surface area contributed by atoms with E-state index in [1.54, 1.807) is 4.90 Å². The van der Waals surface area contributed by atoms with Crippen LogP contribution in [-0.4, -0.2) is 65.6 Å². The van der Waals surface area contributed by atoms with E-state index in [0.717, 1.165) is 12.8 Å². The molecule has 1 saturated heterocycles. The maximum atomic E-state index is 12.2. The van der Waals surface area contributed by atoms with Crippen LogP contribution < -0.4 is 16.4 Å². The Hall–Kier alpha value is -2.03. The van der Waals surface area contributed by atoms with Gasteiger partial charge in [0.2, 0.25) is 0 Å². The predicted molar refractivity (Wildman–Crippen MR) is 110 cm³/mol. The molecule has 0 aromatic rings. The average Bonchev–Trinajstić information content (AvgIpc) is 2.68. The number of amides is 2. The summed E-state index contributed by atoms with van der Waals surface area (Å²) in [6.07, 6.45) is 4.65. The number of carbonyl (C=O) groups excluding carboxylic acids is 2. The second-order valence-electron chi connectivity index (χ2n) is 6.79. The van der Waals surface area contributed by atoms with Crippen molar-refractivity contribution in [1.82, 2.24) is 15.5 Å². The molecule has 4 N–H and O–H groups in total. The van der Waals surface area contributed by atoms with Crippen molar-refractivity contribution in [2.75, 3.05) is 26.2 Å². The van der Waals surface area contributed by atoms with E-state index in [1.807, 2.05) is 13.8 Å². The van der Waals surface area contributed by atoms with E-state index in [-0.39, 0.29) is 24.4 Å². The third-order valence-corrected chi connectivity index (χ3v) is 4.96. The van der Waals surface area contributed by atoms with Gasteiger partial charge in [0.25, 0.3) is 0 Å². The molecule has 9 heteroatoms. The standard InChI is InChI=1S/C19H30N6O2.V/c1-5-19(27)25-8-6-15(7-9-25)12-22-17(13-21-4)24-16(11-20)10-18(26)23-14(2)3;/h5,13-15,22H,1,4,6-9,11-12,20H2,2-3H3,(H,23,26);/b17-13-,24-16-;. The van der Waals surface area contributed by atoms with Crippen molar-refractivity contribution < 1.29 is 26.6 Å². The van der Waals surface area contributed by atoms with Crippen molar-refractivity contribution in [1.29, 1.82) is 0 Å². The monoisotopic (exact) mass is 425 g/mol. The Labute approximate surface area is 175 Å². The Balaban J connectivity index is 2.71. The van der Waals surface area contributed by atoms with Crippen LogP contribution in [0.15, 0.2) is 34.7 Å². The van der Waals surface area contributed by atoms with Gasteiger partial charge >= 0.3 is 169 Å². The molecule has 0 radical (unpaired) electrons. The van der Waals surface area contributed by atoms with E-state index in [4.69, 9.17) is 5.73 Å². The van der Waals surface area contributed by atoms with E-state index in [9.17, 15) is 9.59 Å². The number of hydrogen-bond acceptors (Lipinski definition) is 6. The molecule has 0 saturated carbocycles. The average molecular weight is 425 g/mol.